The predicted molar refractivity (Wildman–Crippen MR) is 72.5 cm³/mol. The number of amides is 1. The van der Waals surface area contributed by atoms with E-state index in [2.05, 4.69) is 16.7 Å². The van der Waals surface area contributed by atoms with Crippen molar-refractivity contribution in [3.63, 3.8) is 0 Å². The molecule has 1 aliphatic rings. The van der Waals surface area contributed by atoms with E-state index in [-0.39, 0.29) is 11.9 Å². The Hall–Kier alpha value is -1.16. The monoisotopic (exact) mass is 250 g/mol. The van der Waals surface area contributed by atoms with Gasteiger partial charge in [-0.1, -0.05) is 12.1 Å². The predicted octanol–water partition coefficient (Wildman–Crippen LogP) is 2.49. The summed E-state index contributed by atoms with van der Waals surface area (Å²) in [6.45, 7) is 0.807. The van der Waals surface area contributed by atoms with Gasteiger partial charge in [0.25, 0.3) is 0 Å². The zero-order valence-corrected chi connectivity index (χ0v) is 10.8. The van der Waals surface area contributed by atoms with Crippen molar-refractivity contribution in [2.45, 2.75) is 30.2 Å². The molecule has 1 saturated heterocycles. The van der Waals surface area contributed by atoms with Crippen LogP contribution in [0.5, 0.6) is 0 Å². The van der Waals surface area contributed by atoms with Crippen molar-refractivity contribution in [1.82, 2.24) is 5.32 Å². The number of nitrogens with one attached hydrogen (secondary N) is 2. The SMILES string of the molecule is CSc1ccccc1NC1CCCCNC1=O. The van der Waals surface area contributed by atoms with E-state index in [9.17, 15) is 4.79 Å². The highest BCUT2D eigenvalue weighted by Crippen LogP contribution is 2.26. The Bertz CT molecular complexity index is 395. The van der Waals surface area contributed by atoms with Gasteiger partial charge in [0.05, 0.1) is 0 Å². The standard InChI is InChI=1S/C13H18N2OS/c1-17-12-8-3-2-6-10(12)15-11-7-4-5-9-14-13(11)16/h2-3,6,8,11,15H,4-5,7,9H2,1H3,(H,14,16). The van der Waals surface area contributed by atoms with Crippen LogP contribution in [-0.4, -0.2) is 24.7 Å². The van der Waals surface area contributed by atoms with Crippen LogP contribution in [0.15, 0.2) is 29.2 Å². The fourth-order valence-corrected chi connectivity index (χ4v) is 2.59. The summed E-state index contributed by atoms with van der Waals surface area (Å²) >= 11 is 1.70. The smallest absolute Gasteiger partial charge is 0.242 e. The van der Waals surface area contributed by atoms with Crippen LogP contribution >= 0.6 is 11.8 Å². The Morgan fingerprint density at radius 3 is 3.00 bits per heavy atom. The van der Waals surface area contributed by atoms with Gasteiger partial charge in [0, 0.05) is 17.1 Å². The second-order valence-corrected chi connectivity index (χ2v) is 5.03. The van der Waals surface area contributed by atoms with Gasteiger partial charge in [0.1, 0.15) is 6.04 Å². The summed E-state index contributed by atoms with van der Waals surface area (Å²) < 4.78 is 0. The molecule has 1 heterocycles. The van der Waals surface area contributed by atoms with Crippen LogP contribution < -0.4 is 10.6 Å². The first-order valence-corrected chi connectivity index (χ1v) is 7.21. The molecule has 2 N–H and O–H groups in total. The maximum absolute atomic E-state index is 11.8. The Kier molecular flexibility index (Phi) is 4.31. The van der Waals surface area contributed by atoms with Crippen LogP contribution in [0, 0.1) is 0 Å². The molecule has 1 fully saturated rings. The van der Waals surface area contributed by atoms with Crippen molar-refractivity contribution in [2.24, 2.45) is 0 Å². The van der Waals surface area contributed by atoms with Crippen LogP contribution in [0.2, 0.25) is 0 Å². The Labute approximate surface area is 106 Å². The molecule has 1 unspecified atom stereocenters. The number of hydrogen-bond donors (Lipinski definition) is 2. The average Bonchev–Trinajstić information content (AvgIpc) is 2.56. The molecule has 0 aliphatic carbocycles. The first-order valence-electron chi connectivity index (χ1n) is 5.98. The van der Waals surface area contributed by atoms with Gasteiger partial charge in [-0.2, -0.15) is 0 Å². The lowest BCUT2D eigenvalue weighted by molar-refractivity contribution is -0.121. The maximum Gasteiger partial charge on any atom is 0.242 e. The van der Waals surface area contributed by atoms with Gasteiger partial charge in [-0.3, -0.25) is 4.79 Å². The summed E-state index contributed by atoms with van der Waals surface area (Å²) in [6.07, 6.45) is 5.13. The van der Waals surface area contributed by atoms with E-state index in [1.807, 2.05) is 24.5 Å². The molecule has 0 radical (unpaired) electrons. The number of anilines is 1. The Balaban J connectivity index is 2.10. The number of benzene rings is 1. The van der Waals surface area contributed by atoms with E-state index in [0.29, 0.717) is 0 Å². The molecule has 1 aliphatic heterocycles. The van der Waals surface area contributed by atoms with Gasteiger partial charge in [0.15, 0.2) is 0 Å². The average molecular weight is 250 g/mol. The van der Waals surface area contributed by atoms with Gasteiger partial charge >= 0.3 is 0 Å². The van der Waals surface area contributed by atoms with Gasteiger partial charge in [0.2, 0.25) is 5.91 Å². The highest BCUT2D eigenvalue weighted by Gasteiger charge is 2.20. The van der Waals surface area contributed by atoms with E-state index < -0.39 is 0 Å². The van der Waals surface area contributed by atoms with Crippen molar-refractivity contribution < 1.29 is 4.79 Å². The number of carbonyl (C=O) groups is 1. The van der Waals surface area contributed by atoms with E-state index in [1.165, 1.54) is 4.90 Å². The molecule has 0 spiro atoms. The summed E-state index contributed by atoms with van der Waals surface area (Å²) in [5.41, 5.74) is 1.06. The van der Waals surface area contributed by atoms with Crippen LogP contribution in [0.4, 0.5) is 5.69 Å². The summed E-state index contributed by atoms with van der Waals surface area (Å²) in [7, 11) is 0. The van der Waals surface area contributed by atoms with Gasteiger partial charge < -0.3 is 10.6 Å². The summed E-state index contributed by atoms with van der Waals surface area (Å²) in [6, 6.07) is 8.03. The van der Waals surface area contributed by atoms with Crippen molar-refractivity contribution in [1.29, 1.82) is 0 Å². The highest BCUT2D eigenvalue weighted by molar-refractivity contribution is 7.98. The lowest BCUT2D eigenvalue weighted by Crippen LogP contribution is -2.37. The first kappa shape index (κ1) is 12.3. The molecule has 4 heteroatoms. The van der Waals surface area contributed by atoms with Gasteiger partial charge in [-0.25, -0.2) is 0 Å². The molecule has 2 rings (SSSR count). The van der Waals surface area contributed by atoms with Gasteiger partial charge in [-0.05, 0) is 37.7 Å². The molecule has 1 amide bonds. The van der Waals surface area contributed by atoms with Crippen molar-refractivity contribution in [2.75, 3.05) is 18.1 Å². The molecule has 17 heavy (non-hydrogen) atoms. The molecule has 1 aromatic rings. The minimum absolute atomic E-state index is 0.0919. The number of hydrogen-bond acceptors (Lipinski definition) is 3. The van der Waals surface area contributed by atoms with Crippen LogP contribution in [-0.2, 0) is 4.79 Å². The molecular weight excluding hydrogens is 232 g/mol. The zero-order valence-electron chi connectivity index (χ0n) is 10.0. The van der Waals surface area contributed by atoms with Crippen molar-refractivity contribution in [3.8, 4) is 0 Å². The van der Waals surface area contributed by atoms with Crippen LogP contribution in [0.3, 0.4) is 0 Å². The molecule has 0 bridgehead atoms. The summed E-state index contributed by atoms with van der Waals surface area (Å²) in [4.78, 5) is 13.0. The van der Waals surface area contributed by atoms with E-state index >= 15 is 0 Å². The highest BCUT2D eigenvalue weighted by atomic mass is 32.2. The fraction of sp³-hybridized carbons (Fsp3) is 0.462. The largest absolute Gasteiger partial charge is 0.373 e. The third-order valence-electron chi connectivity index (χ3n) is 2.97. The minimum atomic E-state index is -0.0919. The summed E-state index contributed by atoms with van der Waals surface area (Å²) in [5, 5.41) is 6.30. The van der Waals surface area contributed by atoms with E-state index in [0.717, 1.165) is 31.5 Å². The third kappa shape index (κ3) is 3.16. The van der Waals surface area contributed by atoms with Crippen LogP contribution in [0.25, 0.3) is 0 Å². The maximum atomic E-state index is 11.8. The normalized spacial score (nSPS) is 20.5. The molecule has 92 valence electrons. The molecular formula is C13H18N2OS. The fourth-order valence-electron chi connectivity index (χ4n) is 2.03. The lowest BCUT2D eigenvalue weighted by atomic mass is 10.1. The van der Waals surface area contributed by atoms with Crippen molar-refractivity contribution >= 4 is 23.4 Å². The van der Waals surface area contributed by atoms with Crippen LogP contribution in [0.1, 0.15) is 19.3 Å². The lowest BCUT2D eigenvalue weighted by Gasteiger charge is -2.18. The molecule has 0 saturated carbocycles. The van der Waals surface area contributed by atoms with Crippen molar-refractivity contribution in [3.05, 3.63) is 24.3 Å². The van der Waals surface area contributed by atoms with E-state index in [1.54, 1.807) is 11.8 Å². The number of carbonyl (C=O) groups excluding carboxylic acids is 1. The molecule has 3 nitrogen and oxygen atoms in total. The second kappa shape index (κ2) is 5.96. The molecule has 1 aromatic carbocycles. The summed E-state index contributed by atoms with van der Waals surface area (Å²) in [5.74, 6) is 0.124. The zero-order chi connectivity index (χ0) is 12.1. The Morgan fingerprint density at radius 1 is 1.35 bits per heavy atom. The first-order chi connectivity index (χ1) is 8.31. The quantitative estimate of drug-likeness (QED) is 0.810. The van der Waals surface area contributed by atoms with Gasteiger partial charge in [-0.15, -0.1) is 11.8 Å². The number of para-hydroxylation sites is 1. The second-order valence-electron chi connectivity index (χ2n) is 4.18. The minimum Gasteiger partial charge on any atom is -0.373 e. The topological polar surface area (TPSA) is 41.1 Å². The molecule has 0 aromatic heterocycles. The third-order valence-corrected chi connectivity index (χ3v) is 3.77. The van der Waals surface area contributed by atoms with E-state index in [4.69, 9.17) is 0 Å². The molecule has 1 atom stereocenters. The Morgan fingerprint density at radius 2 is 2.18 bits per heavy atom. The number of rotatable bonds is 3. The number of thioether (sulfide) groups is 1.